The molecular weight excluding hydrogens is 336 g/mol. The highest BCUT2D eigenvalue weighted by molar-refractivity contribution is 5.97. The monoisotopic (exact) mass is 360 g/mol. The fraction of sp³-hybridized carbons (Fsp3) is 0.556. The van der Waals surface area contributed by atoms with Crippen LogP contribution in [0.25, 0.3) is 0 Å². The van der Waals surface area contributed by atoms with Crippen molar-refractivity contribution >= 4 is 17.7 Å². The molecule has 0 unspecified atom stereocenters. The van der Waals surface area contributed by atoms with Crippen molar-refractivity contribution in [3.63, 3.8) is 0 Å². The Morgan fingerprint density at radius 1 is 1.42 bits per heavy atom. The summed E-state index contributed by atoms with van der Waals surface area (Å²) < 4.78 is 5.10. The quantitative estimate of drug-likeness (QED) is 0.765. The number of rotatable bonds is 6. The lowest BCUT2D eigenvalue weighted by Gasteiger charge is -2.35. The summed E-state index contributed by atoms with van der Waals surface area (Å²) in [5.41, 5.74) is 4.97. The van der Waals surface area contributed by atoms with E-state index < -0.39 is 11.3 Å². The number of ether oxygens (including phenoxy) is 1. The maximum atomic E-state index is 13.1. The smallest absolute Gasteiger partial charge is 0.254 e. The number of nitrogens with zero attached hydrogens (tertiary/aromatic N) is 2. The highest BCUT2D eigenvalue weighted by Crippen LogP contribution is 2.52. The molecule has 140 valence electrons. The lowest BCUT2D eigenvalue weighted by Crippen LogP contribution is -2.51. The van der Waals surface area contributed by atoms with Crippen molar-refractivity contribution < 1.29 is 19.1 Å². The van der Waals surface area contributed by atoms with E-state index in [1.165, 1.54) is 13.3 Å². The molecule has 0 aliphatic carbocycles. The van der Waals surface area contributed by atoms with Crippen LogP contribution in [0.4, 0.5) is 0 Å². The fourth-order valence-corrected chi connectivity index (χ4v) is 4.42. The normalized spacial score (nSPS) is 26.6. The first-order valence-corrected chi connectivity index (χ1v) is 8.82. The van der Waals surface area contributed by atoms with Gasteiger partial charge in [-0.05, 0) is 31.7 Å². The molecule has 2 aliphatic rings. The van der Waals surface area contributed by atoms with Gasteiger partial charge in [-0.1, -0.05) is 6.92 Å². The van der Waals surface area contributed by atoms with Crippen LogP contribution in [0.15, 0.2) is 18.3 Å². The Morgan fingerprint density at radius 3 is 2.85 bits per heavy atom. The summed E-state index contributed by atoms with van der Waals surface area (Å²) in [7, 11) is 1.50. The van der Waals surface area contributed by atoms with Crippen LogP contribution in [0.5, 0.6) is 5.88 Å². The Bertz CT molecular complexity index is 738. The number of pyridine rings is 1. The third-order valence-electron chi connectivity index (χ3n) is 5.67. The van der Waals surface area contributed by atoms with Crippen LogP contribution < -0.4 is 15.8 Å². The number of nitrogens with one attached hydrogen (secondary N) is 1. The first kappa shape index (κ1) is 18.2. The van der Waals surface area contributed by atoms with Crippen molar-refractivity contribution in [2.75, 3.05) is 13.7 Å². The highest BCUT2D eigenvalue weighted by Gasteiger charge is 2.60. The second kappa shape index (κ2) is 6.93. The van der Waals surface area contributed by atoms with Gasteiger partial charge < -0.3 is 20.7 Å². The Balaban J connectivity index is 1.85. The zero-order valence-corrected chi connectivity index (χ0v) is 15.0. The first-order chi connectivity index (χ1) is 12.4. The van der Waals surface area contributed by atoms with Gasteiger partial charge >= 0.3 is 0 Å². The molecule has 0 aromatic carbocycles. The second-order valence-electron chi connectivity index (χ2n) is 6.91. The van der Waals surface area contributed by atoms with Gasteiger partial charge in [0.1, 0.15) is 0 Å². The molecule has 3 rings (SSSR count). The number of carbonyl (C=O) groups is 3. The first-order valence-electron chi connectivity index (χ1n) is 8.82. The molecule has 0 radical (unpaired) electrons. The van der Waals surface area contributed by atoms with E-state index in [-0.39, 0.29) is 30.4 Å². The van der Waals surface area contributed by atoms with Crippen LogP contribution in [0.2, 0.25) is 0 Å². The summed E-state index contributed by atoms with van der Waals surface area (Å²) in [5.74, 6) is -0.514. The summed E-state index contributed by atoms with van der Waals surface area (Å²) in [6, 6.07) is 3.10. The Hall–Kier alpha value is -2.64. The van der Waals surface area contributed by atoms with Gasteiger partial charge in [-0.15, -0.1) is 0 Å². The molecule has 8 heteroatoms. The molecule has 2 saturated heterocycles. The zero-order valence-electron chi connectivity index (χ0n) is 15.0. The van der Waals surface area contributed by atoms with Gasteiger partial charge in [0.15, 0.2) is 0 Å². The minimum atomic E-state index is -0.675. The van der Waals surface area contributed by atoms with E-state index in [0.717, 1.165) is 12.8 Å². The van der Waals surface area contributed by atoms with Crippen LogP contribution in [0.1, 0.15) is 43.0 Å². The van der Waals surface area contributed by atoms with Crippen LogP contribution in [0, 0.1) is 5.41 Å². The summed E-state index contributed by atoms with van der Waals surface area (Å²) in [6.07, 6.45) is 4.39. The Labute approximate surface area is 152 Å². The number of hydrogen-bond acceptors (Lipinski definition) is 5. The molecule has 3 atom stereocenters. The van der Waals surface area contributed by atoms with E-state index in [4.69, 9.17) is 10.5 Å². The van der Waals surface area contributed by atoms with Gasteiger partial charge in [-0.2, -0.15) is 0 Å². The zero-order chi connectivity index (χ0) is 18.9. The lowest BCUT2D eigenvalue weighted by molar-refractivity contribution is -0.134. The molecule has 2 fully saturated rings. The molecule has 3 N–H and O–H groups in total. The second-order valence-corrected chi connectivity index (χ2v) is 6.91. The van der Waals surface area contributed by atoms with Crippen LogP contribution in [-0.4, -0.2) is 53.3 Å². The molecule has 8 nitrogen and oxygen atoms in total. The fourth-order valence-electron chi connectivity index (χ4n) is 4.42. The average molecular weight is 360 g/mol. The summed E-state index contributed by atoms with van der Waals surface area (Å²) >= 11 is 0. The number of fused-ring (bicyclic) bond motifs is 2. The van der Waals surface area contributed by atoms with Crippen molar-refractivity contribution in [2.45, 2.75) is 44.7 Å². The van der Waals surface area contributed by atoms with Crippen molar-refractivity contribution in [3.05, 3.63) is 23.9 Å². The standard InChI is InChI=1S/C18H24N4O4/c1-3-18(17(25)21-10-14(19)23)9-12-4-5-13(18)22(12)16(24)11-6-7-20-15(8-11)26-2/h6-8,12-13H,3-5,9-10H2,1-2H3,(H2,19,23)(H,21,25)/t12-,13+,18+/m1/s1. The van der Waals surface area contributed by atoms with Crippen molar-refractivity contribution in [1.82, 2.24) is 15.2 Å². The van der Waals surface area contributed by atoms with E-state index in [9.17, 15) is 14.4 Å². The van der Waals surface area contributed by atoms with Crippen LogP contribution in [-0.2, 0) is 9.59 Å². The SMILES string of the molecule is CC[C@]1(C(=O)NCC(N)=O)C[C@H]2CC[C@@H]1N2C(=O)c1ccnc(OC)c1. The van der Waals surface area contributed by atoms with Crippen molar-refractivity contribution in [3.8, 4) is 5.88 Å². The molecule has 3 heterocycles. The van der Waals surface area contributed by atoms with Gasteiger partial charge in [0, 0.05) is 29.9 Å². The van der Waals surface area contributed by atoms with E-state index in [1.54, 1.807) is 12.1 Å². The predicted molar refractivity (Wildman–Crippen MR) is 93.3 cm³/mol. The van der Waals surface area contributed by atoms with E-state index in [0.29, 0.717) is 24.3 Å². The molecule has 0 spiro atoms. The molecule has 0 saturated carbocycles. The number of carbonyl (C=O) groups excluding carboxylic acids is 3. The third kappa shape index (κ3) is 2.89. The largest absolute Gasteiger partial charge is 0.481 e. The van der Waals surface area contributed by atoms with Crippen LogP contribution >= 0.6 is 0 Å². The number of amides is 3. The maximum Gasteiger partial charge on any atom is 0.254 e. The predicted octanol–water partition coefficient (Wildman–Crippen LogP) is 0.465. The minimum absolute atomic E-state index is 0.0194. The number of hydrogen-bond donors (Lipinski definition) is 2. The van der Waals surface area contributed by atoms with Gasteiger partial charge in [0.25, 0.3) is 5.91 Å². The lowest BCUT2D eigenvalue weighted by atomic mass is 9.71. The number of primary amides is 1. The minimum Gasteiger partial charge on any atom is -0.481 e. The molecule has 3 amide bonds. The summed E-state index contributed by atoms with van der Waals surface area (Å²) in [6.45, 7) is 1.76. The van der Waals surface area contributed by atoms with E-state index in [1.807, 2.05) is 11.8 Å². The van der Waals surface area contributed by atoms with Crippen molar-refractivity contribution in [1.29, 1.82) is 0 Å². The average Bonchev–Trinajstić information content (AvgIpc) is 3.21. The molecular formula is C18H24N4O4. The van der Waals surface area contributed by atoms with Crippen molar-refractivity contribution in [2.24, 2.45) is 11.1 Å². The molecule has 2 bridgehead atoms. The van der Waals surface area contributed by atoms with Gasteiger partial charge in [0.05, 0.1) is 19.1 Å². The molecule has 2 aliphatic heterocycles. The van der Waals surface area contributed by atoms with Crippen LogP contribution in [0.3, 0.4) is 0 Å². The Kier molecular flexibility index (Phi) is 4.84. The molecule has 1 aromatic rings. The molecule has 1 aromatic heterocycles. The number of aromatic nitrogens is 1. The van der Waals surface area contributed by atoms with Gasteiger partial charge in [-0.25, -0.2) is 4.98 Å². The van der Waals surface area contributed by atoms with Gasteiger partial charge in [0.2, 0.25) is 17.7 Å². The topological polar surface area (TPSA) is 115 Å². The summed E-state index contributed by atoms with van der Waals surface area (Å²) in [5, 5.41) is 2.64. The summed E-state index contributed by atoms with van der Waals surface area (Å²) in [4.78, 5) is 42.8. The Morgan fingerprint density at radius 2 is 2.19 bits per heavy atom. The van der Waals surface area contributed by atoms with Gasteiger partial charge in [-0.3, -0.25) is 14.4 Å². The third-order valence-corrected chi connectivity index (χ3v) is 5.67. The maximum absolute atomic E-state index is 13.1. The number of nitrogens with two attached hydrogens (primary N) is 1. The highest BCUT2D eigenvalue weighted by atomic mass is 16.5. The molecule has 26 heavy (non-hydrogen) atoms. The van der Waals surface area contributed by atoms with E-state index in [2.05, 4.69) is 10.3 Å². The van der Waals surface area contributed by atoms with E-state index >= 15 is 0 Å². The number of methoxy groups -OCH3 is 1.